The number of rotatable bonds is 6. The molecule has 2 heterocycles. The van der Waals surface area contributed by atoms with E-state index in [-0.39, 0.29) is 23.7 Å². The Bertz CT molecular complexity index is 649. The molecule has 1 aromatic rings. The van der Waals surface area contributed by atoms with Gasteiger partial charge >= 0.3 is 6.03 Å². The van der Waals surface area contributed by atoms with Gasteiger partial charge in [0.05, 0.1) is 0 Å². The number of piperidine rings is 1. The molecule has 0 bridgehead atoms. The van der Waals surface area contributed by atoms with Gasteiger partial charge in [0.15, 0.2) is 0 Å². The smallest absolute Gasteiger partial charge is 0.319 e. The number of anilines is 1. The predicted octanol–water partition coefficient (Wildman–Crippen LogP) is 2.58. The second-order valence-corrected chi connectivity index (χ2v) is 7.59. The largest absolute Gasteiger partial charge is 0.342 e. The van der Waals surface area contributed by atoms with Crippen molar-refractivity contribution in [2.24, 2.45) is 11.8 Å². The summed E-state index contributed by atoms with van der Waals surface area (Å²) in [6, 6.07) is 5.46. The molecular formula is C20H29FN4O2. The number of amides is 3. The molecule has 148 valence electrons. The van der Waals surface area contributed by atoms with E-state index in [1.807, 2.05) is 4.90 Å². The van der Waals surface area contributed by atoms with Crippen molar-refractivity contribution in [2.75, 3.05) is 38.0 Å². The summed E-state index contributed by atoms with van der Waals surface area (Å²) in [6.07, 6.45) is 4.71. The average molecular weight is 376 g/mol. The van der Waals surface area contributed by atoms with E-state index >= 15 is 0 Å². The van der Waals surface area contributed by atoms with Crippen molar-refractivity contribution in [2.45, 2.75) is 32.1 Å². The third-order valence-electron chi connectivity index (χ3n) is 5.43. The summed E-state index contributed by atoms with van der Waals surface area (Å²) >= 11 is 0. The number of hydrogen-bond acceptors (Lipinski definition) is 3. The molecule has 2 saturated heterocycles. The van der Waals surface area contributed by atoms with Crippen molar-refractivity contribution in [1.29, 1.82) is 0 Å². The van der Waals surface area contributed by atoms with Crippen LogP contribution in [-0.4, -0.2) is 49.6 Å². The molecule has 0 spiro atoms. The fraction of sp³-hybridized carbons (Fsp3) is 0.600. The van der Waals surface area contributed by atoms with E-state index in [1.165, 1.54) is 18.6 Å². The van der Waals surface area contributed by atoms with E-state index in [0.717, 1.165) is 38.9 Å². The molecule has 2 aliphatic rings. The van der Waals surface area contributed by atoms with E-state index in [1.54, 1.807) is 12.1 Å². The minimum Gasteiger partial charge on any atom is -0.342 e. The topological polar surface area (TPSA) is 73.5 Å². The Kier molecular flexibility index (Phi) is 7.04. The van der Waals surface area contributed by atoms with Crippen LogP contribution in [0.25, 0.3) is 0 Å². The predicted molar refractivity (Wildman–Crippen MR) is 103 cm³/mol. The van der Waals surface area contributed by atoms with E-state index in [4.69, 9.17) is 0 Å². The highest BCUT2D eigenvalue weighted by Crippen LogP contribution is 2.20. The first kappa shape index (κ1) is 19.6. The number of nitrogens with zero attached hydrogens (tertiary/aromatic N) is 1. The molecule has 3 rings (SSSR count). The minimum atomic E-state index is -0.386. The first-order valence-corrected chi connectivity index (χ1v) is 9.89. The summed E-state index contributed by atoms with van der Waals surface area (Å²) in [4.78, 5) is 26.4. The van der Waals surface area contributed by atoms with Gasteiger partial charge in [-0.05, 0) is 68.8 Å². The number of benzene rings is 1. The van der Waals surface area contributed by atoms with Crippen LogP contribution in [0.5, 0.6) is 0 Å². The Morgan fingerprint density at radius 1 is 1.26 bits per heavy atom. The average Bonchev–Trinajstić information content (AvgIpc) is 3.18. The highest BCUT2D eigenvalue weighted by Gasteiger charge is 2.25. The van der Waals surface area contributed by atoms with Crippen LogP contribution in [-0.2, 0) is 4.79 Å². The Balaban J connectivity index is 1.38. The van der Waals surface area contributed by atoms with Gasteiger partial charge in [-0.1, -0.05) is 6.07 Å². The van der Waals surface area contributed by atoms with E-state index in [9.17, 15) is 14.0 Å². The standard InChI is InChI=1S/C20H29FN4O2/c21-17-4-1-5-18(11-17)24-20(27)23-13-16-3-2-10-25(14-16)19(26)7-6-15-8-9-22-12-15/h1,4-5,11,15-16,22H,2-3,6-10,12-14H2,(H2,23,24,27). The number of carbonyl (C=O) groups excluding carboxylic acids is 2. The molecule has 0 aromatic heterocycles. The van der Waals surface area contributed by atoms with Gasteiger partial charge in [0.2, 0.25) is 5.91 Å². The van der Waals surface area contributed by atoms with Crippen LogP contribution < -0.4 is 16.0 Å². The van der Waals surface area contributed by atoms with Gasteiger partial charge in [-0.3, -0.25) is 4.79 Å². The Hall–Kier alpha value is -2.15. The van der Waals surface area contributed by atoms with E-state index in [2.05, 4.69) is 16.0 Å². The fourth-order valence-corrected chi connectivity index (χ4v) is 3.88. The van der Waals surface area contributed by atoms with Crippen molar-refractivity contribution in [3.63, 3.8) is 0 Å². The lowest BCUT2D eigenvalue weighted by atomic mass is 9.96. The zero-order valence-electron chi connectivity index (χ0n) is 15.7. The van der Waals surface area contributed by atoms with Crippen LogP contribution in [0.4, 0.5) is 14.9 Å². The Labute approximate surface area is 159 Å². The van der Waals surface area contributed by atoms with Crippen LogP contribution in [0.15, 0.2) is 24.3 Å². The third kappa shape index (κ3) is 6.20. The van der Waals surface area contributed by atoms with E-state index in [0.29, 0.717) is 31.1 Å². The number of hydrogen-bond donors (Lipinski definition) is 3. The van der Waals surface area contributed by atoms with Crippen molar-refractivity contribution in [3.05, 3.63) is 30.1 Å². The summed E-state index contributed by atoms with van der Waals surface area (Å²) < 4.78 is 13.2. The molecule has 7 heteroatoms. The first-order valence-electron chi connectivity index (χ1n) is 9.89. The summed E-state index contributed by atoms with van der Waals surface area (Å²) in [5.41, 5.74) is 0.425. The molecule has 0 radical (unpaired) electrons. The van der Waals surface area contributed by atoms with Crippen molar-refractivity contribution >= 4 is 17.6 Å². The lowest BCUT2D eigenvalue weighted by Crippen LogP contribution is -2.44. The second-order valence-electron chi connectivity index (χ2n) is 7.59. The molecule has 2 atom stereocenters. The quantitative estimate of drug-likeness (QED) is 0.714. The lowest BCUT2D eigenvalue weighted by Gasteiger charge is -2.33. The Morgan fingerprint density at radius 2 is 2.15 bits per heavy atom. The van der Waals surface area contributed by atoms with Crippen LogP contribution in [0.3, 0.4) is 0 Å². The fourth-order valence-electron chi connectivity index (χ4n) is 3.88. The van der Waals surface area contributed by atoms with Crippen LogP contribution in [0, 0.1) is 17.7 Å². The summed E-state index contributed by atoms with van der Waals surface area (Å²) in [6.45, 7) is 4.11. The number of carbonyl (C=O) groups is 2. The normalized spacial score (nSPS) is 22.5. The summed E-state index contributed by atoms with van der Waals surface area (Å²) in [7, 11) is 0. The molecule has 2 aliphatic heterocycles. The molecule has 0 saturated carbocycles. The van der Waals surface area contributed by atoms with Gasteiger partial charge in [-0.15, -0.1) is 0 Å². The maximum atomic E-state index is 13.2. The zero-order valence-corrected chi connectivity index (χ0v) is 15.7. The highest BCUT2D eigenvalue weighted by molar-refractivity contribution is 5.89. The van der Waals surface area contributed by atoms with Gasteiger partial charge in [-0.25, -0.2) is 9.18 Å². The Morgan fingerprint density at radius 3 is 2.93 bits per heavy atom. The number of halogens is 1. The maximum Gasteiger partial charge on any atom is 0.319 e. The van der Waals surface area contributed by atoms with Gasteiger partial charge in [-0.2, -0.15) is 0 Å². The van der Waals surface area contributed by atoms with Gasteiger partial charge in [0.25, 0.3) is 0 Å². The molecule has 3 N–H and O–H groups in total. The monoisotopic (exact) mass is 376 g/mol. The van der Waals surface area contributed by atoms with Crippen LogP contribution in [0.1, 0.15) is 32.1 Å². The zero-order chi connectivity index (χ0) is 19.1. The second kappa shape index (κ2) is 9.69. The molecule has 1 aromatic carbocycles. The molecule has 6 nitrogen and oxygen atoms in total. The van der Waals surface area contributed by atoms with Crippen molar-refractivity contribution < 1.29 is 14.0 Å². The lowest BCUT2D eigenvalue weighted by molar-refractivity contribution is -0.133. The van der Waals surface area contributed by atoms with Gasteiger partial charge in [0, 0.05) is 31.7 Å². The van der Waals surface area contributed by atoms with Crippen LogP contribution >= 0.6 is 0 Å². The molecule has 3 amide bonds. The molecule has 2 fully saturated rings. The van der Waals surface area contributed by atoms with Crippen molar-refractivity contribution in [3.8, 4) is 0 Å². The number of urea groups is 1. The van der Waals surface area contributed by atoms with Crippen molar-refractivity contribution in [1.82, 2.24) is 15.5 Å². The van der Waals surface area contributed by atoms with E-state index < -0.39 is 0 Å². The molecule has 0 aliphatic carbocycles. The molecule has 27 heavy (non-hydrogen) atoms. The first-order chi connectivity index (χ1) is 13.1. The number of likely N-dealkylation sites (tertiary alicyclic amines) is 1. The minimum absolute atomic E-state index is 0.232. The summed E-state index contributed by atoms with van der Waals surface area (Å²) in [5.74, 6) is 0.732. The third-order valence-corrected chi connectivity index (χ3v) is 5.43. The maximum absolute atomic E-state index is 13.2. The van der Waals surface area contributed by atoms with Crippen LogP contribution in [0.2, 0.25) is 0 Å². The van der Waals surface area contributed by atoms with Gasteiger partial charge in [0.1, 0.15) is 5.82 Å². The molecular weight excluding hydrogens is 347 g/mol. The highest BCUT2D eigenvalue weighted by atomic mass is 19.1. The SMILES string of the molecule is O=C(NCC1CCCN(C(=O)CCC2CCNC2)C1)Nc1cccc(F)c1. The molecule has 2 unspecified atom stereocenters. The number of nitrogens with one attached hydrogen (secondary N) is 3. The van der Waals surface area contributed by atoms with Gasteiger partial charge < -0.3 is 20.9 Å². The summed E-state index contributed by atoms with van der Waals surface area (Å²) in [5, 5.41) is 8.81.